The van der Waals surface area contributed by atoms with E-state index in [4.69, 9.17) is 6.92 Å². The number of aromatic nitrogens is 2. The third-order valence-electron chi connectivity index (χ3n) is 1.63. The third-order valence-corrected chi connectivity index (χ3v) is 2.30. The summed E-state index contributed by atoms with van der Waals surface area (Å²) in [5.74, 6) is 0. The van der Waals surface area contributed by atoms with Crippen molar-refractivity contribution in [1.29, 1.82) is 0 Å². The summed E-state index contributed by atoms with van der Waals surface area (Å²) in [6, 6.07) is 5.91. The van der Waals surface area contributed by atoms with Gasteiger partial charge in [-0.15, -0.1) is 0 Å². The van der Waals surface area contributed by atoms with Crippen LogP contribution in [-0.4, -0.2) is 9.97 Å². The molecule has 0 aliphatic rings. The minimum absolute atomic E-state index is 0.540. The molecule has 2 radical (unpaired) electrons. The highest BCUT2D eigenvalue weighted by Gasteiger charge is 1.98. The summed E-state index contributed by atoms with van der Waals surface area (Å²) >= 11 is 2.23. The number of nitrogens with zero attached hydrogens (tertiary/aromatic N) is 2. The van der Waals surface area contributed by atoms with E-state index in [1.54, 1.807) is 0 Å². The van der Waals surface area contributed by atoms with Crippen molar-refractivity contribution in [2.24, 2.45) is 0 Å². The number of benzene rings is 1. The van der Waals surface area contributed by atoms with E-state index < -0.39 is 0 Å². The second kappa shape index (κ2) is 2.97. The predicted octanol–water partition coefficient (Wildman–Crippen LogP) is 2.29. The Bertz CT molecular complexity index is 426. The minimum Gasteiger partial charge on any atom is -0.240 e. The summed E-state index contributed by atoms with van der Waals surface area (Å²) in [7, 11) is 0. The quantitative estimate of drug-likeness (QED) is 0.685. The maximum atomic E-state index is 5.67. The maximum Gasteiger partial charge on any atom is 0.116 e. The third kappa shape index (κ3) is 1.29. The first kappa shape index (κ1) is 7.91. The van der Waals surface area contributed by atoms with Crippen molar-refractivity contribution in [3.63, 3.8) is 0 Å². The van der Waals surface area contributed by atoms with E-state index in [0.29, 0.717) is 5.69 Å². The fourth-order valence-electron chi connectivity index (χ4n) is 1.05. The molecule has 12 heavy (non-hydrogen) atoms. The highest BCUT2D eigenvalue weighted by atomic mass is 127. The van der Waals surface area contributed by atoms with Crippen LogP contribution in [0.4, 0.5) is 0 Å². The lowest BCUT2D eigenvalue weighted by Crippen LogP contribution is -1.87. The van der Waals surface area contributed by atoms with Gasteiger partial charge in [-0.1, -0.05) is 0 Å². The second-order valence-electron chi connectivity index (χ2n) is 2.42. The molecule has 58 valence electrons. The maximum absolute atomic E-state index is 5.67. The fraction of sp³-hybridized carbons (Fsp3) is 0. The number of fused-ring (bicyclic) bond motifs is 1. The fourth-order valence-corrected chi connectivity index (χ4v) is 1.54. The molecule has 0 fully saturated rings. The van der Waals surface area contributed by atoms with Gasteiger partial charge >= 0.3 is 0 Å². The summed E-state index contributed by atoms with van der Waals surface area (Å²) in [4.78, 5) is 8.00. The monoisotopic (exact) mass is 268 g/mol. The van der Waals surface area contributed by atoms with Crippen molar-refractivity contribution >= 4 is 33.5 Å². The highest BCUT2D eigenvalue weighted by molar-refractivity contribution is 14.1. The Kier molecular flexibility index (Phi) is 1.96. The predicted molar refractivity (Wildman–Crippen MR) is 55.7 cm³/mol. The lowest BCUT2D eigenvalue weighted by atomic mass is 10.2. The molecule has 2 aromatic rings. The molecule has 2 nitrogen and oxygen atoms in total. The molecular weight excluding hydrogens is 263 g/mol. The van der Waals surface area contributed by atoms with Gasteiger partial charge in [0.1, 0.15) is 6.33 Å². The van der Waals surface area contributed by atoms with Gasteiger partial charge < -0.3 is 0 Å². The average molecular weight is 268 g/mol. The van der Waals surface area contributed by atoms with Gasteiger partial charge in [0.05, 0.1) is 11.2 Å². The highest BCUT2D eigenvalue weighted by Crippen LogP contribution is 2.16. The van der Waals surface area contributed by atoms with Crippen LogP contribution in [0.2, 0.25) is 0 Å². The number of hydrogen-bond donors (Lipinski definition) is 0. The van der Waals surface area contributed by atoms with Crippen LogP contribution in [-0.2, 0) is 0 Å². The first-order valence-corrected chi connectivity index (χ1v) is 4.51. The molecule has 0 unspecified atom stereocenters. The van der Waals surface area contributed by atoms with Gasteiger partial charge in [0, 0.05) is 15.9 Å². The zero-order valence-electron chi connectivity index (χ0n) is 6.16. The summed E-state index contributed by atoms with van der Waals surface area (Å²) in [5.41, 5.74) is 1.43. The van der Waals surface area contributed by atoms with Crippen molar-refractivity contribution in [3.05, 3.63) is 40.7 Å². The van der Waals surface area contributed by atoms with E-state index in [1.165, 1.54) is 6.33 Å². The Labute approximate surface area is 84.2 Å². The molecular formula is C9H5IN2. The second-order valence-corrected chi connectivity index (χ2v) is 3.67. The Morgan fingerprint density at radius 3 is 2.92 bits per heavy atom. The number of halogens is 1. The Hall–Kier alpha value is -0.710. The van der Waals surface area contributed by atoms with Crippen LogP contribution < -0.4 is 0 Å². The Balaban J connectivity index is 2.88. The van der Waals surface area contributed by atoms with Crippen molar-refractivity contribution in [2.75, 3.05) is 0 Å². The molecule has 0 aliphatic carbocycles. The van der Waals surface area contributed by atoms with Crippen molar-refractivity contribution in [3.8, 4) is 0 Å². The van der Waals surface area contributed by atoms with Crippen LogP contribution >= 0.6 is 22.6 Å². The molecule has 0 saturated heterocycles. The van der Waals surface area contributed by atoms with E-state index in [2.05, 4.69) is 32.6 Å². The van der Waals surface area contributed by atoms with E-state index in [1.807, 2.05) is 18.2 Å². The van der Waals surface area contributed by atoms with Crippen molar-refractivity contribution < 1.29 is 0 Å². The molecule has 0 N–H and O–H groups in total. The largest absolute Gasteiger partial charge is 0.240 e. The molecule has 1 aromatic carbocycles. The summed E-state index contributed by atoms with van der Waals surface area (Å²) < 4.78 is 1.14. The number of hydrogen-bond acceptors (Lipinski definition) is 2. The lowest BCUT2D eigenvalue weighted by Gasteiger charge is -1.99. The molecule has 0 saturated carbocycles. The molecule has 0 spiro atoms. The van der Waals surface area contributed by atoms with Crippen molar-refractivity contribution in [1.82, 2.24) is 9.97 Å². The molecule has 0 atom stereocenters. The van der Waals surface area contributed by atoms with Crippen LogP contribution in [0, 0.1) is 10.5 Å². The van der Waals surface area contributed by atoms with Gasteiger partial charge in [-0.2, -0.15) is 0 Å². The normalized spacial score (nSPS) is 10.5. The summed E-state index contributed by atoms with van der Waals surface area (Å²) in [6.45, 7) is 5.67. The van der Waals surface area contributed by atoms with E-state index in [-0.39, 0.29) is 0 Å². The molecule has 3 heteroatoms. The molecule has 2 rings (SSSR count). The molecule has 0 amide bonds. The molecule has 0 aliphatic heterocycles. The van der Waals surface area contributed by atoms with Crippen LogP contribution in [0.25, 0.3) is 10.9 Å². The first-order valence-electron chi connectivity index (χ1n) is 3.43. The smallest absolute Gasteiger partial charge is 0.116 e. The first-order chi connectivity index (χ1) is 5.77. The van der Waals surface area contributed by atoms with Gasteiger partial charge in [-0.3, -0.25) is 0 Å². The van der Waals surface area contributed by atoms with Gasteiger partial charge in [-0.05, 0) is 40.8 Å². The Morgan fingerprint density at radius 1 is 1.25 bits per heavy atom. The topological polar surface area (TPSA) is 25.8 Å². The van der Waals surface area contributed by atoms with Crippen LogP contribution in [0.15, 0.2) is 24.5 Å². The standard InChI is InChI=1S/C9H5IN2/c1-6-8-4-7(10)2-3-9(8)12-5-11-6/h1-5H. The summed E-state index contributed by atoms with van der Waals surface area (Å²) in [5, 5.41) is 0.921. The minimum atomic E-state index is 0.540. The molecule has 1 heterocycles. The van der Waals surface area contributed by atoms with Crippen LogP contribution in [0.3, 0.4) is 0 Å². The van der Waals surface area contributed by atoms with Crippen LogP contribution in [0.5, 0.6) is 0 Å². The average Bonchev–Trinajstić information content (AvgIpc) is 2.07. The summed E-state index contributed by atoms with van der Waals surface area (Å²) in [6.07, 6.45) is 1.48. The van der Waals surface area contributed by atoms with Gasteiger partial charge in [0.25, 0.3) is 0 Å². The van der Waals surface area contributed by atoms with E-state index >= 15 is 0 Å². The van der Waals surface area contributed by atoms with Gasteiger partial charge in [0.15, 0.2) is 0 Å². The molecule has 0 bridgehead atoms. The van der Waals surface area contributed by atoms with E-state index in [0.717, 1.165) is 14.5 Å². The molecule has 1 aromatic heterocycles. The number of rotatable bonds is 0. The van der Waals surface area contributed by atoms with Crippen molar-refractivity contribution in [2.45, 2.75) is 0 Å². The Morgan fingerprint density at radius 2 is 2.08 bits per heavy atom. The van der Waals surface area contributed by atoms with E-state index in [9.17, 15) is 0 Å². The van der Waals surface area contributed by atoms with Crippen LogP contribution in [0.1, 0.15) is 5.69 Å². The zero-order chi connectivity index (χ0) is 8.55. The van der Waals surface area contributed by atoms with Gasteiger partial charge in [-0.25, -0.2) is 9.97 Å². The SMILES string of the molecule is [CH]c1ncnc2ccc(I)cc12. The van der Waals surface area contributed by atoms with Gasteiger partial charge in [0.2, 0.25) is 0 Å². The lowest BCUT2D eigenvalue weighted by molar-refractivity contribution is 1.19. The zero-order valence-corrected chi connectivity index (χ0v) is 8.32.